The topological polar surface area (TPSA) is 98.7 Å². The van der Waals surface area contributed by atoms with Gasteiger partial charge < -0.3 is 19.8 Å². The van der Waals surface area contributed by atoms with Crippen molar-refractivity contribution >= 4 is 5.91 Å². The number of benzene rings is 2. The zero-order chi connectivity index (χ0) is 22.8. The second-order valence-electron chi connectivity index (χ2n) is 8.61. The number of fused-ring (bicyclic) bond motifs is 1. The molecule has 7 nitrogen and oxygen atoms in total. The average Bonchev–Trinajstić information content (AvgIpc) is 3.29. The van der Waals surface area contributed by atoms with Crippen molar-refractivity contribution in [3.8, 4) is 22.8 Å². The van der Waals surface area contributed by atoms with E-state index in [2.05, 4.69) is 24.0 Å². The fourth-order valence-electron chi connectivity index (χ4n) is 4.11. The summed E-state index contributed by atoms with van der Waals surface area (Å²) in [4.78, 5) is 14.8. The summed E-state index contributed by atoms with van der Waals surface area (Å²) in [6.45, 7) is 6.89. The number of aromatic hydroxyl groups is 1. The first kappa shape index (κ1) is 21.9. The number of H-pyrrole nitrogens is 1. The summed E-state index contributed by atoms with van der Waals surface area (Å²) in [5.41, 5.74) is 4.02. The average molecular weight is 436 g/mol. The molecule has 1 aromatic heterocycles. The standard InChI is InChI=1S/C25H29N3O4/c1-15(2)9-12-32-18-6-4-5-17(14-18)24-21-22(19-13-16(3)7-8-20(19)30)26-27-23(21)25(31)28(24)10-11-29/h4-8,13-15,24,29-30H,9-12H2,1-3H3,(H,26,27)/t24-/m1/s1. The Kier molecular flexibility index (Phi) is 6.19. The highest BCUT2D eigenvalue weighted by atomic mass is 16.5. The molecule has 0 spiro atoms. The molecule has 0 bridgehead atoms. The highest BCUT2D eigenvalue weighted by molar-refractivity contribution is 6.00. The molecule has 1 aliphatic rings. The first-order chi connectivity index (χ1) is 15.4. The quantitative estimate of drug-likeness (QED) is 0.496. The van der Waals surface area contributed by atoms with Crippen LogP contribution in [-0.4, -0.2) is 51.0 Å². The van der Waals surface area contributed by atoms with Gasteiger partial charge in [-0.2, -0.15) is 5.10 Å². The molecule has 0 fully saturated rings. The van der Waals surface area contributed by atoms with E-state index in [1.54, 1.807) is 11.0 Å². The number of hydrogen-bond acceptors (Lipinski definition) is 5. The molecule has 32 heavy (non-hydrogen) atoms. The Morgan fingerprint density at radius 1 is 1.22 bits per heavy atom. The minimum absolute atomic E-state index is 0.0995. The Bertz CT molecular complexity index is 1120. The molecule has 0 saturated carbocycles. The molecule has 3 aromatic rings. The van der Waals surface area contributed by atoms with Crippen LogP contribution in [0.5, 0.6) is 11.5 Å². The lowest BCUT2D eigenvalue weighted by Gasteiger charge is -2.26. The number of carbonyl (C=O) groups excluding carboxylic acids is 1. The number of hydrogen-bond donors (Lipinski definition) is 3. The number of carbonyl (C=O) groups is 1. The normalized spacial score (nSPS) is 15.5. The fourth-order valence-corrected chi connectivity index (χ4v) is 4.11. The number of aromatic nitrogens is 2. The van der Waals surface area contributed by atoms with Crippen LogP contribution in [-0.2, 0) is 0 Å². The Hall–Kier alpha value is -3.32. The van der Waals surface area contributed by atoms with Gasteiger partial charge in [0.1, 0.15) is 22.9 Å². The van der Waals surface area contributed by atoms with E-state index in [9.17, 15) is 15.0 Å². The summed E-state index contributed by atoms with van der Waals surface area (Å²) < 4.78 is 5.94. The monoisotopic (exact) mass is 435 g/mol. The zero-order valence-electron chi connectivity index (χ0n) is 18.6. The summed E-state index contributed by atoms with van der Waals surface area (Å²) in [5.74, 6) is 1.15. The van der Waals surface area contributed by atoms with E-state index in [4.69, 9.17) is 4.74 Å². The van der Waals surface area contributed by atoms with E-state index >= 15 is 0 Å². The van der Waals surface area contributed by atoms with Gasteiger partial charge in [-0.15, -0.1) is 0 Å². The number of phenols is 1. The van der Waals surface area contributed by atoms with Crippen molar-refractivity contribution in [2.75, 3.05) is 19.8 Å². The van der Waals surface area contributed by atoms with Crippen LogP contribution in [0, 0.1) is 12.8 Å². The number of rotatable bonds is 8. The van der Waals surface area contributed by atoms with Gasteiger partial charge in [0.05, 0.1) is 19.3 Å². The lowest BCUT2D eigenvalue weighted by Crippen LogP contribution is -2.32. The van der Waals surface area contributed by atoms with Gasteiger partial charge in [0, 0.05) is 17.7 Å². The van der Waals surface area contributed by atoms with Gasteiger partial charge in [-0.1, -0.05) is 37.6 Å². The number of β-amino-alcohol motifs (C(OH)–C–C–N with tert-alkyl or cyclic N) is 1. The summed E-state index contributed by atoms with van der Waals surface area (Å²) in [5, 5.41) is 27.4. The molecule has 0 saturated heterocycles. The van der Waals surface area contributed by atoms with Crippen molar-refractivity contribution in [1.29, 1.82) is 0 Å². The van der Waals surface area contributed by atoms with E-state index in [-0.39, 0.29) is 24.8 Å². The maximum atomic E-state index is 13.1. The van der Waals surface area contributed by atoms with Crippen molar-refractivity contribution in [3.63, 3.8) is 0 Å². The number of ether oxygens (including phenoxy) is 1. The number of amides is 1. The maximum Gasteiger partial charge on any atom is 0.273 e. The lowest BCUT2D eigenvalue weighted by molar-refractivity contribution is 0.0706. The van der Waals surface area contributed by atoms with Gasteiger partial charge in [0.25, 0.3) is 5.91 Å². The van der Waals surface area contributed by atoms with Gasteiger partial charge >= 0.3 is 0 Å². The summed E-state index contributed by atoms with van der Waals surface area (Å²) in [6, 6.07) is 12.5. The van der Waals surface area contributed by atoms with E-state index in [0.717, 1.165) is 23.3 Å². The highest BCUT2D eigenvalue weighted by Gasteiger charge is 2.42. The van der Waals surface area contributed by atoms with Crippen molar-refractivity contribution in [2.24, 2.45) is 5.92 Å². The van der Waals surface area contributed by atoms with Crippen molar-refractivity contribution in [2.45, 2.75) is 33.2 Å². The number of aliphatic hydroxyl groups excluding tert-OH is 1. The minimum atomic E-state index is -0.452. The first-order valence-electron chi connectivity index (χ1n) is 10.9. The number of phenolic OH excluding ortho intramolecular Hbond substituents is 1. The Balaban J connectivity index is 1.78. The second-order valence-corrected chi connectivity index (χ2v) is 8.61. The molecule has 3 N–H and O–H groups in total. The van der Waals surface area contributed by atoms with Crippen LogP contribution in [0.25, 0.3) is 11.3 Å². The first-order valence-corrected chi connectivity index (χ1v) is 10.9. The van der Waals surface area contributed by atoms with Crippen LogP contribution in [0.2, 0.25) is 0 Å². The van der Waals surface area contributed by atoms with Crippen LogP contribution in [0.15, 0.2) is 42.5 Å². The predicted octanol–water partition coefficient (Wildman–Crippen LogP) is 4.05. The third kappa shape index (κ3) is 4.08. The van der Waals surface area contributed by atoms with Crippen LogP contribution in [0.3, 0.4) is 0 Å². The molecular weight excluding hydrogens is 406 g/mol. The molecule has 168 valence electrons. The third-order valence-corrected chi connectivity index (χ3v) is 5.75. The molecule has 0 aliphatic carbocycles. The van der Waals surface area contributed by atoms with Gasteiger partial charge in [-0.3, -0.25) is 9.89 Å². The second kappa shape index (κ2) is 9.04. The molecule has 1 aliphatic heterocycles. The summed E-state index contributed by atoms with van der Waals surface area (Å²) in [7, 11) is 0. The van der Waals surface area contributed by atoms with Crippen LogP contribution in [0.1, 0.15) is 53.5 Å². The lowest BCUT2D eigenvalue weighted by atomic mass is 9.95. The van der Waals surface area contributed by atoms with Gasteiger partial charge in [-0.05, 0) is 49.1 Å². The van der Waals surface area contributed by atoms with Crippen LogP contribution >= 0.6 is 0 Å². The van der Waals surface area contributed by atoms with E-state index in [0.29, 0.717) is 35.0 Å². The molecular formula is C25H29N3O4. The van der Waals surface area contributed by atoms with Gasteiger partial charge in [-0.25, -0.2) is 0 Å². The van der Waals surface area contributed by atoms with Crippen molar-refractivity contribution < 1.29 is 19.7 Å². The number of nitrogens with zero attached hydrogens (tertiary/aromatic N) is 2. The molecule has 7 heteroatoms. The van der Waals surface area contributed by atoms with E-state index < -0.39 is 6.04 Å². The van der Waals surface area contributed by atoms with Crippen molar-refractivity contribution in [1.82, 2.24) is 15.1 Å². The number of aryl methyl sites for hydroxylation is 1. The van der Waals surface area contributed by atoms with Gasteiger partial charge in [0.15, 0.2) is 0 Å². The molecule has 0 unspecified atom stereocenters. The van der Waals surface area contributed by atoms with E-state index in [1.165, 1.54) is 0 Å². The summed E-state index contributed by atoms with van der Waals surface area (Å²) in [6.07, 6.45) is 0.950. The maximum absolute atomic E-state index is 13.1. The van der Waals surface area contributed by atoms with E-state index in [1.807, 2.05) is 43.3 Å². The molecule has 2 aromatic carbocycles. The minimum Gasteiger partial charge on any atom is -0.507 e. The Morgan fingerprint density at radius 3 is 2.78 bits per heavy atom. The molecule has 4 rings (SSSR count). The third-order valence-electron chi connectivity index (χ3n) is 5.75. The molecule has 0 radical (unpaired) electrons. The Morgan fingerprint density at radius 2 is 2.03 bits per heavy atom. The SMILES string of the molecule is Cc1ccc(O)c(-c2n[nH]c3c2[C@@H](c2cccc(OCCC(C)C)c2)N(CCO)C3=O)c1. The van der Waals surface area contributed by atoms with Crippen LogP contribution in [0.4, 0.5) is 0 Å². The van der Waals surface area contributed by atoms with Gasteiger partial charge in [0.2, 0.25) is 0 Å². The number of aliphatic hydroxyl groups is 1. The summed E-state index contributed by atoms with van der Waals surface area (Å²) >= 11 is 0. The predicted molar refractivity (Wildman–Crippen MR) is 122 cm³/mol. The fraction of sp³-hybridized carbons (Fsp3) is 0.360. The smallest absolute Gasteiger partial charge is 0.273 e. The molecule has 2 heterocycles. The van der Waals surface area contributed by atoms with Crippen molar-refractivity contribution in [3.05, 3.63) is 64.8 Å². The molecule has 1 amide bonds. The number of nitrogens with one attached hydrogen (secondary N) is 1. The zero-order valence-corrected chi connectivity index (χ0v) is 18.6. The highest BCUT2D eigenvalue weighted by Crippen LogP contribution is 2.44. The molecule has 1 atom stereocenters. The largest absolute Gasteiger partial charge is 0.507 e. The Labute approximate surface area is 187 Å². The van der Waals surface area contributed by atoms with Crippen LogP contribution < -0.4 is 4.74 Å². The number of aromatic amines is 1.